The zero-order chi connectivity index (χ0) is 18.5. The fraction of sp³-hybridized carbons (Fsp3) is 0.524. The van der Waals surface area contributed by atoms with Gasteiger partial charge in [0.2, 0.25) is 0 Å². The van der Waals surface area contributed by atoms with Gasteiger partial charge in [-0.3, -0.25) is 0 Å². The number of alkyl halides is 1. The van der Waals surface area contributed by atoms with E-state index in [0.717, 1.165) is 35.1 Å². The Kier molecular flexibility index (Phi) is 4.57. The molecule has 4 heteroatoms. The van der Waals surface area contributed by atoms with E-state index in [2.05, 4.69) is 49.6 Å². The second-order valence-corrected chi connectivity index (χ2v) is 8.83. The molecular weight excluding hydrogens is 332 g/mol. The molecule has 1 aliphatic rings. The average molecular weight is 361 g/mol. The molecule has 0 bridgehead atoms. The van der Waals surface area contributed by atoms with Crippen LogP contribution in [0.15, 0.2) is 24.3 Å². The summed E-state index contributed by atoms with van der Waals surface area (Å²) in [4.78, 5) is 4.49. The average Bonchev–Trinajstić information content (AvgIpc) is 2.93. The van der Waals surface area contributed by atoms with E-state index in [1.165, 1.54) is 5.56 Å². The van der Waals surface area contributed by atoms with Gasteiger partial charge in [-0.05, 0) is 56.3 Å². The van der Waals surface area contributed by atoms with Crippen molar-refractivity contribution in [1.29, 1.82) is 0 Å². The van der Waals surface area contributed by atoms with Crippen LogP contribution < -0.4 is 9.80 Å². The molecule has 2 atom stereocenters. The van der Waals surface area contributed by atoms with Crippen LogP contribution >= 0.6 is 11.6 Å². The molecule has 2 aromatic carbocycles. The van der Waals surface area contributed by atoms with Gasteiger partial charge in [0.1, 0.15) is 5.75 Å². The minimum Gasteiger partial charge on any atom is -0.507 e. The van der Waals surface area contributed by atoms with Crippen molar-refractivity contribution >= 4 is 33.7 Å². The van der Waals surface area contributed by atoms with Gasteiger partial charge in [-0.1, -0.05) is 6.92 Å². The van der Waals surface area contributed by atoms with Crippen LogP contribution in [0.2, 0.25) is 0 Å². The third-order valence-electron chi connectivity index (χ3n) is 5.31. The summed E-state index contributed by atoms with van der Waals surface area (Å²) >= 11 is 6.76. The summed E-state index contributed by atoms with van der Waals surface area (Å²) in [6, 6.07) is 8.19. The molecule has 0 saturated carbocycles. The maximum Gasteiger partial charge on any atom is 0.125 e. The molecule has 0 fully saturated rings. The lowest BCUT2D eigenvalue weighted by Crippen LogP contribution is -2.41. The third kappa shape index (κ3) is 3.03. The van der Waals surface area contributed by atoms with Gasteiger partial charge >= 0.3 is 0 Å². The van der Waals surface area contributed by atoms with Crippen LogP contribution in [0, 0.1) is 0 Å². The van der Waals surface area contributed by atoms with Gasteiger partial charge in [-0.15, -0.1) is 11.6 Å². The summed E-state index contributed by atoms with van der Waals surface area (Å²) in [7, 11) is 4.08. The molecule has 2 aromatic rings. The van der Waals surface area contributed by atoms with Crippen LogP contribution in [0.4, 0.5) is 11.4 Å². The first-order valence-electron chi connectivity index (χ1n) is 9.03. The Morgan fingerprint density at radius 2 is 1.92 bits per heavy atom. The Morgan fingerprint density at radius 3 is 2.48 bits per heavy atom. The Labute approximate surface area is 156 Å². The van der Waals surface area contributed by atoms with Gasteiger partial charge in [0.15, 0.2) is 0 Å². The predicted molar refractivity (Wildman–Crippen MR) is 110 cm³/mol. The van der Waals surface area contributed by atoms with E-state index in [-0.39, 0.29) is 16.8 Å². The number of hydrogen-bond donors (Lipinski definition) is 1. The minimum absolute atomic E-state index is 0.0207. The smallest absolute Gasteiger partial charge is 0.125 e. The van der Waals surface area contributed by atoms with Crippen molar-refractivity contribution in [3.63, 3.8) is 0 Å². The molecule has 0 aliphatic carbocycles. The highest BCUT2D eigenvalue weighted by Gasteiger charge is 2.39. The summed E-state index contributed by atoms with van der Waals surface area (Å²) in [5.74, 6) is 0.609. The molecule has 1 heterocycles. The first-order valence-corrected chi connectivity index (χ1v) is 9.47. The summed E-state index contributed by atoms with van der Waals surface area (Å²) in [5, 5.41) is 12.8. The van der Waals surface area contributed by atoms with Crippen molar-refractivity contribution in [3.8, 4) is 5.75 Å². The molecule has 0 saturated heterocycles. The van der Waals surface area contributed by atoms with Crippen molar-refractivity contribution in [3.05, 3.63) is 29.8 Å². The lowest BCUT2D eigenvalue weighted by atomic mass is 9.90. The van der Waals surface area contributed by atoms with Crippen molar-refractivity contribution < 1.29 is 5.11 Å². The summed E-state index contributed by atoms with van der Waals surface area (Å²) in [6.45, 7) is 9.68. The fourth-order valence-corrected chi connectivity index (χ4v) is 4.10. The molecule has 2 unspecified atom stereocenters. The molecule has 136 valence electrons. The quantitative estimate of drug-likeness (QED) is 0.749. The lowest BCUT2D eigenvalue weighted by Gasteiger charge is -2.35. The third-order valence-corrected chi connectivity index (χ3v) is 5.93. The standard InChI is InChI=1S/C21H29ClN2O/c1-7-17(22)16-12-24(21(2,3)4)18-11-19(25)14-9-8-13(23(5)6)10-15(14)20(16)18/h8-11,16-17,25H,7,12H2,1-6H3. The van der Waals surface area contributed by atoms with Crippen LogP contribution in [-0.4, -0.2) is 36.7 Å². The second kappa shape index (κ2) is 6.28. The van der Waals surface area contributed by atoms with Gasteiger partial charge in [-0.2, -0.15) is 0 Å². The second-order valence-electron chi connectivity index (χ2n) is 8.26. The highest BCUT2D eigenvalue weighted by molar-refractivity contribution is 6.21. The number of hydrogen-bond acceptors (Lipinski definition) is 3. The monoisotopic (exact) mass is 360 g/mol. The molecule has 25 heavy (non-hydrogen) atoms. The predicted octanol–water partition coefficient (Wildman–Crippen LogP) is 5.33. The van der Waals surface area contributed by atoms with Crippen LogP contribution in [0.5, 0.6) is 5.75 Å². The van der Waals surface area contributed by atoms with E-state index in [4.69, 9.17) is 11.6 Å². The summed E-state index contributed by atoms with van der Waals surface area (Å²) in [6.07, 6.45) is 0.930. The van der Waals surface area contributed by atoms with Crippen molar-refractivity contribution in [2.75, 3.05) is 30.4 Å². The van der Waals surface area contributed by atoms with Crippen LogP contribution in [0.25, 0.3) is 10.8 Å². The van der Waals surface area contributed by atoms with Gasteiger partial charge in [0.05, 0.1) is 0 Å². The van der Waals surface area contributed by atoms with E-state index in [1.54, 1.807) is 0 Å². The zero-order valence-corrected chi connectivity index (χ0v) is 16.9. The molecule has 0 spiro atoms. The number of aromatic hydroxyl groups is 1. The maximum absolute atomic E-state index is 10.7. The molecule has 0 aromatic heterocycles. The topological polar surface area (TPSA) is 26.7 Å². The number of phenols is 1. The molecule has 3 nitrogen and oxygen atoms in total. The van der Waals surface area contributed by atoms with Crippen molar-refractivity contribution in [1.82, 2.24) is 0 Å². The van der Waals surface area contributed by atoms with Crippen molar-refractivity contribution in [2.45, 2.75) is 50.9 Å². The largest absolute Gasteiger partial charge is 0.507 e. The number of fused-ring (bicyclic) bond motifs is 3. The highest BCUT2D eigenvalue weighted by atomic mass is 35.5. The highest BCUT2D eigenvalue weighted by Crippen LogP contribution is 2.49. The van der Waals surface area contributed by atoms with Crippen LogP contribution in [-0.2, 0) is 0 Å². The molecular formula is C21H29ClN2O. The summed E-state index contributed by atoms with van der Waals surface area (Å²) < 4.78 is 0. The van der Waals surface area contributed by atoms with E-state index in [9.17, 15) is 5.11 Å². The Morgan fingerprint density at radius 1 is 1.24 bits per heavy atom. The van der Waals surface area contributed by atoms with Crippen LogP contribution in [0.3, 0.4) is 0 Å². The molecule has 0 radical (unpaired) electrons. The van der Waals surface area contributed by atoms with E-state index < -0.39 is 0 Å². The number of anilines is 2. The maximum atomic E-state index is 10.7. The normalized spacial score (nSPS) is 18.5. The molecule has 1 aliphatic heterocycles. The minimum atomic E-state index is -0.0207. The Hall–Kier alpha value is -1.61. The lowest BCUT2D eigenvalue weighted by molar-refractivity contribution is 0.478. The zero-order valence-electron chi connectivity index (χ0n) is 16.1. The Balaban J connectivity index is 2.32. The number of halogens is 1. The number of benzene rings is 2. The molecule has 0 amide bonds. The van der Waals surface area contributed by atoms with E-state index >= 15 is 0 Å². The number of phenolic OH excluding ortho intramolecular Hbond substituents is 1. The molecule has 1 N–H and O–H groups in total. The van der Waals surface area contributed by atoms with Gasteiger partial charge in [0.25, 0.3) is 0 Å². The molecule has 3 rings (SSSR count). The fourth-order valence-electron chi connectivity index (χ4n) is 3.89. The van der Waals surface area contributed by atoms with E-state index in [1.807, 2.05) is 26.2 Å². The summed E-state index contributed by atoms with van der Waals surface area (Å²) in [5.41, 5.74) is 3.52. The van der Waals surface area contributed by atoms with Gasteiger partial charge in [-0.25, -0.2) is 0 Å². The first-order chi connectivity index (χ1) is 11.6. The number of rotatable bonds is 3. The van der Waals surface area contributed by atoms with Crippen LogP contribution in [0.1, 0.15) is 45.6 Å². The SMILES string of the molecule is CCC(Cl)C1CN(C(C)(C)C)c2cc(O)c3ccc(N(C)C)cc3c21. The van der Waals surface area contributed by atoms with Crippen molar-refractivity contribution in [2.24, 2.45) is 0 Å². The van der Waals surface area contributed by atoms with E-state index in [0.29, 0.717) is 5.75 Å². The Bertz CT molecular complexity index is 795. The number of nitrogens with zero attached hydrogens (tertiary/aromatic N) is 2. The van der Waals surface area contributed by atoms with Gasteiger partial charge in [0, 0.05) is 60.3 Å². The van der Waals surface area contributed by atoms with Gasteiger partial charge < -0.3 is 14.9 Å². The first kappa shape index (κ1) is 18.2.